The third-order valence-corrected chi connectivity index (χ3v) is 4.33. The minimum absolute atomic E-state index is 0.0264. The monoisotopic (exact) mass is 409 g/mol. The molecule has 0 fully saturated rings. The fourth-order valence-corrected chi connectivity index (χ4v) is 3.07. The van der Waals surface area contributed by atoms with Gasteiger partial charge in [0.2, 0.25) is 0 Å². The van der Waals surface area contributed by atoms with Crippen molar-refractivity contribution in [3.05, 3.63) is 94.7 Å². The van der Waals surface area contributed by atoms with Crippen LogP contribution in [0.15, 0.2) is 71.9 Å². The van der Waals surface area contributed by atoms with Gasteiger partial charge in [0.1, 0.15) is 11.6 Å². The first-order chi connectivity index (χ1) is 13.4. The Bertz CT molecular complexity index is 884. The molecule has 1 nitrogen and oxygen atoms in total. The van der Waals surface area contributed by atoms with Crippen LogP contribution in [0, 0.1) is 11.6 Å². The van der Waals surface area contributed by atoms with Gasteiger partial charge in [0.25, 0.3) is 6.43 Å². The standard InChI is InChI=1S/C20H14ClF4N.C2H6/c1-12-15(21)10-14(13-6-3-2-4-7-13)20(26(12)11-18(24)25)19-16(22)8-5-9-17(19)23;1-2/h2-10,18H,1,11H2;1-2H3. The molecule has 0 aromatic heterocycles. The lowest BCUT2D eigenvalue weighted by molar-refractivity contribution is 0.123. The van der Waals surface area contributed by atoms with E-state index >= 15 is 0 Å². The summed E-state index contributed by atoms with van der Waals surface area (Å²) >= 11 is 6.18. The summed E-state index contributed by atoms with van der Waals surface area (Å²) in [6.07, 6.45) is -1.27. The SMILES string of the molecule is C=C1C(Cl)=CC(c2ccccc2)=C(c2c(F)cccc2F)N1CC(F)F.CC. The van der Waals surface area contributed by atoms with Crippen molar-refractivity contribution in [2.24, 2.45) is 0 Å². The maximum atomic E-state index is 14.5. The zero-order valence-electron chi connectivity index (χ0n) is 15.5. The maximum Gasteiger partial charge on any atom is 0.256 e. The molecule has 0 bridgehead atoms. The first kappa shape index (κ1) is 21.8. The Hall–Kier alpha value is -2.53. The van der Waals surface area contributed by atoms with Crippen molar-refractivity contribution >= 4 is 22.9 Å². The molecule has 0 radical (unpaired) electrons. The summed E-state index contributed by atoms with van der Waals surface area (Å²) in [7, 11) is 0. The molecule has 6 heteroatoms. The van der Waals surface area contributed by atoms with Gasteiger partial charge in [-0.25, -0.2) is 17.6 Å². The fourth-order valence-electron chi connectivity index (χ4n) is 2.86. The molecular formula is C22H20ClF4N. The highest BCUT2D eigenvalue weighted by atomic mass is 35.5. The third-order valence-electron chi connectivity index (χ3n) is 4.00. The molecule has 1 aliphatic rings. The Morgan fingerprint density at radius 2 is 1.54 bits per heavy atom. The van der Waals surface area contributed by atoms with Gasteiger partial charge in [-0.3, -0.25) is 0 Å². The van der Waals surface area contributed by atoms with Gasteiger partial charge < -0.3 is 4.90 Å². The smallest absolute Gasteiger partial charge is 0.256 e. The van der Waals surface area contributed by atoms with Crippen molar-refractivity contribution in [3.8, 4) is 0 Å². The molecular weight excluding hydrogens is 390 g/mol. The van der Waals surface area contributed by atoms with E-state index in [0.717, 1.165) is 17.0 Å². The Morgan fingerprint density at radius 3 is 2.07 bits per heavy atom. The van der Waals surface area contributed by atoms with Crippen molar-refractivity contribution in [2.75, 3.05) is 6.54 Å². The zero-order valence-corrected chi connectivity index (χ0v) is 16.3. The van der Waals surface area contributed by atoms with Crippen LogP contribution >= 0.6 is 11.6 Å². The van der Waals surface area contributed by atoms with Crippen LogP contribution in [-0.2, 0) is 0 Å². The Morgan fingerprint density at radius 1 is 0.964 bits per heavy atom. The van der Waals surface area contributed by atoms with E-state index in [-0.39, 0.29) is 16.4 Å². The van der Waals surface area contributed by atoms with Crippen LogP contribution in [0.5, 0.6) is 0 Å². The van der Waals surface area contributed by atoms with Crippen molar-refractivity contribution in [3.63, 3.8) is 0 Å². The van der Waals surface area contributed by atoms with Gasteiger partial charge in [-0.2, -0.15) is 0 Å². The van der Waals surface area contributed by atoms with Crippen LogP contribution in [0.25, 0.3) is 11.3 Å². The Kier molecular flexibility index (Phi) is 7.46. The first-order valence-electron chi connectivity index (χ1n) is 8.76. The summed E-state index contributed by atoms with van der Waals surface area (Å²) in [6, 6.07) is 12.0. The normalized spacial score (nSPS) is 14.1. The Balaban J connectivity index is 0.00000136. The second-order valence-corrected chi connectivity index (χ2v) is 6.07. The van der Waals surface area contributed by atoms with Crippen LogP contribution in [0.1, 0.15) is 25.0 Å². The number of allylic oxidation sites excluding steroid dienone is 3. The van der Waals surface area contributed by atoms with E-state index in [4.69, 9.17) is 11.6 Å². The van der Waals surface area contributed by atoms with E-state index in [1.165, 1.54) is 12.1 Å². The van der Waals surface area contributed by atoms with Gasteiger partial charge in [0, 0.05) is 5.57 Å². The highest BCUT2D eigenvalue weighted by molar-refractivity contribution is 6.33. The lowest BCUT2D eigenvalue weighted by atomic mass is 9.94. The number of hydrogen-bond acceptors (Lipinski definition) is 1. The van der Waals surface area contributed by atoms with E-state index in [0.29, 0.717) is 11.1 Å². The van der Waals surface area contributed by atoms with Crippen molar-refractivity contribution < 1.29 is 17.6 Å². The van der Waals surface area contributed by atoms with E-state index in [9.17, 15) is 17.6 Å². The van der Waals surface area contributed by atoms with E-state index in [2.05, 4.69) is 6.58 Å². The number of hydrogen-bond donors (Lipinski definition) is 0. The second kappa shape index (κ2) is 9.60. The van der Waals surface area contributed by atoms with Crippen LogP contribution in [0.2, 0.25) is 0 Å². The quantitative estimate of drug-likeness (QED) is 0.488. The van der Waals surface area contributed by atoms with Crippen molar-refractivity contribution in [2.45, 2.75) is 20.3 Å². The van der Waals surface area contributed by atoms with Gasteiger partial charge >= 0.3 is 0 Å². The summed E-state index contributed by atoms with van der Waals surface area (Å²) < 4.78 is 55.3. The molecule has 2 aromatic carbocycles. The van der Waals surface area contributed by atoms with E-state index < -0.39 is 30.2 Å². The average Bonchev–Trinajstić information content (AvgIpc) is 2.68. The predicted molar refractivity (Wildman–Crippen MR) is 107 cm³/mol. The molecule has 0 amide bonds. The number of benzene rings is 2. The third kappa shape index (κ3) is 4.47. The van der Waals surface area contributed by atoms with Gasteiger partial charge in [-0.15, -0.1) is 0 Å². The largest absolute Gasteiger partial charge is 0.334 e. The molecule has 0 atom stereocenters. The summed E-state index contributed by atoms with van der Waals surface area (Å²) in [4.78, 5) is 1.07. The number of nitrogens with zero attached hydrogens (tertiary/aromatic N) is 1. The molecule has 2 aromatic rings. The minimum Gasteiger partial charge on any atom is -0.334 e. The van der Waals surface area contributed by atoms with Crippen LogP contribution < -0.4 is 0 Å². The number of rotatable bonds is 4. The molecule has 148 valence electrons. The van der Waals surface area contributed by atoms with Gasteiger partial charge in [-0.05, 0) is 23.8 Å². The highest BCUT2D eigenvalue weighted by Gasteiger charge is 2.31. The van der Waals surface area contributed by atoms with Crippen molar-refractivity contribution in [1.82, 2.24) is 4.90 Å². The summed E-state index contributed by atoms with van der Waals surface area (Å²) in [5, 5.41) is 0.130. The molecule has 1 aliphatic heterocycles. The molecule has 0 N–H and O–H groups in total. The van der Waals surface area contributed by atoms with Gasteiger partial charge in [-0.1, -0.05) is 68.4 Å². The van der Waals surface area contributed by atoms with Crippen LogP contribution in [-0.4, -0.2) is 17.9 Å². The summed E-state index contributed by atoms with van der Waals surface area (Å²) in [5.74, 6) is -1.71. The van der Waals surface area contributed by atoms with Crippen LogP contribution in [0.3, 0.4) is 0 Å². The Labute approximate surface area is 167 Å². The topological polar surface area (TPSA) is 3.24 Å². The highest BCUT2D eigenvalue weighted by Crippen LogP contribution is 2.42. The van der Waals surface area contributed by atoms with E-state index in [1.54, 1.807) is 30.3 Å². The summed E-state index contributed by atoms with van der Waals surface area (Å²) in [6.45, 7) is 6.92. The fraction of sp³-hybridized carbons (Fsp3) is 0.182. The molecule has 28 heavy (non-hydrogen) atoms. The van der Waals surface area contributed by atoms with Crippen LogP contribution in [0.4, 0.5) is 17.6 Å². The minimum atomic E-state index is -2.75. The maximum absolute atomic E-state index is 14.5. The van der Waals surface area contributed by atoms with Gasteiger partial charge in [0.05, 0.1) is 28.5 Å². The van der Waals surface area contributed by atoms with Crippen molar-refractivity contribution in [1.29, 1.82) is 0 Å². The molecule has 0 saturated heterocycles. The molecule has 0 unspecified atom stereocenters. The molecule has 0 aliphatic carbocycles. The van der Waals surface area contributed by atoms with Gasteiger partial charge in [0.15, 0.2) is 0 Å². The number of alkyl halides is 2. The predicted octanol–water partition coefficient (Wildman–Crippen LogP) is 7.08. The number of halogens is 5. The molecule has 0 saturated carbocycles. The first-order valence-corrected chi connectivity index (χ1v) is 9.14. The zero-order chi connectivity index (χ0) is 20.8. The molecule has 0 spiro atoms. The lowest BCUT2D eigenvalue weighted by Gasteiger charge is -2.34. The molecule has 1 heterocycles. The average molecular weight is 410 g/mol. The second-order valence-electron chi connectivity index (χ2n) is 5.67. The van der Waals surface area contributed by atoms with E-state index in [1.807, 2.05) is 13.8 Å². The molecule has 3 rings (SSSR count). The summed E-state index contributed by atoms with van der Waals surface area (Å²) in [5.41, 5.74) is 0.571. The lowest BCUT2D eigenvalue weighted by Crippen LogP contribution is -2.30.